The van der Waals surface area contributed by atoms with Gasteiger partial charge in [0.25, 0.3) is 0 Å². The van der Waals surface area contributed by atoms with Crippen molar-refractivity contribution in [2.24, 2.45) is 0 Å². The summed E-state index contributed by atoms with van der Waals surface area (Å²) in [6, 6.07) is 8.45. The summed E-state index contributed by atoms with van der Waals surface area (Å²) in [5.74, 6) is 0. The Morgan fingerprint density at radius 3 is 1.59 bits per heavy atom. The van der Waals surface area contributed by atoms with Crippen molar-refractivity contribution in [1.82, 2.24) is 0 Å². The number of alkyl halides is 3. The van der Waals surface area contributed by atoms with Gasteiger partial charge >= 0.3 is 0 Å². The van der Waals surface area contributed by atoms with Gasteiger partial charge in [-0.05, 0) is 26.7 Å². The summed E-state index contributed by atoms with van der Waals surface area (Å²) in [5, 5.41) is 0. The Kier molecular flexibility index (Phi) is 11.2. The van der Waals surface area contributed by atoms with E-state index in [0.717, 1.165) is 13.2 Å². The van der Waals surface area contributed by atoms with Crippen LogP contribution in [-0.4, -0.2) is 17.5 Å². The summed E-state index contributed by atoms with van der Waals surface area (Å²) in [4.78, 5) is 0. The van der Waals surface area contributed by atoms with Crippen molar-refractivity contribution in [2.75, 3.05) is 13.2 Å². The van der Waals surface area contributed by atoms with Crippen LogP contribution in [0.1, 0.15) is 24.0 Å². The maximum absolute atomic E-state index is 4.94. The van der Waals surface area contributed by atoms with E-state index in [0.29, 0.717) is 0 Å². The van der Waals surface area contributed by atoms with Gasteiger partial charge in [-0.25, -0.2) is 0 Å². The molecular formula is C13H19Cl3O. The largest absolute Gasteiger partial charge is 0.381 e. The van der Waals surface area contributed by atoms with Crippen LogP contribution in [0.25, 0.3) is 0 Å². The van der Waals surface area contributed by atoms with Gasteiger partial charge in [0.15, 0.2) is 4.30 Å². The summed E-state index contributed by atoms with van der Waals surface area (Å²) in [6.45, 7) is 6.21. The lowest BCUT2D eigenvalue weighted by Crippen LogP contribution is -1.74. The van der Waals surface area contributed by atoms with Crippen LogP contribution in [0.5, 0.6) is 0 Å². The molecule has 1 aliphatic heterocycles. The van der Waals surface area contributed by atoms with Crippen molar-refractivity contribution in [3.8, 4) is 0 Å². The topological polar surface area (TPSA) is 9.23 Å². The molecule has 0 unspecified atom stereocenters. The molecule has 1 saturated heterocycles. The van der Waals surface area contributed by atoms with Crippen LogP contribution in [0.3, 0.4) is 0 Å². The van der Waals surface area contributed by atoms with E-state index in [9.17, 15) is 0 Å². The van der Waals surface area contributed by atoms with E-state index in [1.54, 1.807) is 0 Å². The second kappa shape index (κ2) is 11.2. The first-order chi connectivity index (χ1) is 8.02. The Morgan fingerprint density at radius 1 is 1.00 bits per heavy atom. The van der Waals surface area contributed by atoms with E-state index in [1.807, 2.05) is 0 Å². The molecule has 1 aromatic rings. The van der Waals surface area contributed by atoms with E-state index in [2.05, 4.69) is 38.1 Å². The zero-order valence-electron chi connectivity index (χ0n) is 10.3. The van der Waals surface area contributed by atoms with Gasteiger partial charge in [0, 0.05) is 13.2 Å². The van der Waals surface area contributed by atoms with E-state index in [1.165, 1.54) is 24.0 Å². The van der Waals surface area contributed by atoms with Crippen LogP contribution in [0.2, 0.25) is 0 Å². The Bertz CT molecular complexity index is 258. The number of hydrogen-bond acceptors (Lipinski definition) is 1. The minimum absolute atomic E-state index is 0.750. The molecular weight excluding hydrogens is 279 g/mol. The van der Waals surface area contributed by atoms with Gasteiger partial charge in [0.05, 0.1) is 0 Å². The highest BCUT2D eigenvalue weighted by atomic mass is 35.6. The molecule has 17 heavy (non-hydrogen) atoms. The maximum Gasteiger partial charge on any atom is 0.180 e. The number of ether oxygens (including phenoxy) is 1. The van der Waals surface area contributed by atoms with Crippen LogP contribution in [0.4, 0.5) is 0 Å². The average Bonchev–Trinajstić information content (AvgIpc) is 2.73. The van der Waals surface area contributed by atoms with Gasteiger partial charge in [-0.2, -0.15) is 0 Å². The molecule has 0 spiro atoms. The van der Waals surface area contributed by atoms with Crippen LogP contribution in [0, 0.1) is 13.8 Å². The lowest BCUT2D eigenvalue weighted by Gasteiger charge is -1.90. The first kappa shape index (κ1) is 17.1. The molecule has 1 nitrogen and oxygen atoms in total. The highest BCUT2D eigenvalue weighted by molar-refractivity contribution is 6.63. The molecule has 0 bridgehead atoms. The molecule has 0 aliphatic carbocycles. The second-order valence-corrected chi connectivity index (χ2v) is 5.70. The van der Waals surface area contributed by atoms with E-state index in [4.69, 9.17) is 39.5 Å². The molecule has 2 rings (SSSR count). The molecule has 0 atom stereocenters. The fraction of sp³-hybridized carbons (Fsp3) is 0.538. The second-order valence-electron chi connectivity index (χ2n) is 3.73. The van der Waals surface area contributed by atoms with Crippen molar-refractivity contribution in [1.29, 1.82) is 0 Å². The fourth-order valence-corrected chi connectivity index (χ4v) is 1.32. The van der Waals surface area contributed by atoms with Gasteiger partial charge in [-0.1, -0.05) is 70.2 Å². The highest BCUT2D eigenvalue weighted by Gasteiger charge is 1.94. The highest BCUT2D eigenvalue weighted by Crippen LogP contribution is 2.03. The van der Waals surface area contributed by atoms with E-state index >= 15 is 0 Å². The molecule has 0 aromatic heterocycles. The van der Waals surface area contributed by atoms with Gasteiger partial charge in [-0.3, -0.25) is 0 Å². The van der Waals surface area contributed by atoms with Gasteiger partial charge in [0.2, 0.25) is 0 Å². The van der Waals surface area contributed by atoms with Crippen molar-refractivity contribution in [2.45, 2.75) is 31.0 Å². The number of halogens is 3. The third kappa shape index (κ3) is 14.0. The Hall–Kier alpha value is 0.0500. The molecule has 1 aromatic carbocycles. The monoisotopic (exact) mass is 296 g/mol. The quantitative estimate of drug-likeness (QED) is 0.606. The molecule has 0 radical (unpaired) electrons. The summed E-state index contributed by atoms with van der Waals surface area (Å²) in [7, 11) is 0. The van der Waals surface area contributed by atoms with Crippen molar-refractivity contribution < 1.29 is 4.74 Å². The van der Waals surface area contributed by atoms with Crippen LogP contribution >= 0.6 is 34.8 Å². The van der Waals surface area contributed by atoms with Gasteiger partial charge in [-0.15, -0.1) is 0 Å². The molecule has 0 N–H and O–H groups in total. The molecule has 0 saturated carbocycles. The zero-order valence-corrected chi connectivity index (χ0v) is 12.5. The number of benzene rings is 1. The number of aryl methyl sites for hydroxylation is 2. The smallest absolute Gasteiger partial charge is 0.180 e. The van der Waals surface area contributed by atoms with Crippen LogP contribution in [-0.2, 0) is 4.74 Å². The van der Waals surface area contributed by atoms with Gasteiger partial charge < -0.3 is 4.74 Å². The molecule has 4 heteroatoms. The SMILES string of the molecule is C1CCOC1.Cc1cccc(C)c1.ClC(Cl)Cl. The average molecular weight is 298 g/mol. The minimum Gasteiger partial charge on any atom is -0.381 e. The third-order valence-corrected chi connectivity index (χ3v) is 2.00. The molecule has 0 amide bonds. The minimum atomic E-state index is -0.750. The fourth-order valence-electron chi connectivity index (χ4n) is 1.32. The zero-order chi connectivity index (χ0) is 13.1. The predicted octanol–water partition coefficient (Wildman–Crippen LogP) is 5.09. The maximum atomic E-state index is 4.94. The molecule has 1 heterocycles. The van der Waals surface area contributed by atoms with Crippen molar-refractivity contribution in [3.63, 3.8) is 0 Å². The summed E-state index contributed by atoms with van der Waals surface area (Å²) in [5.41, 5.74) is 2.68. The lowest BCUT2D eigenvalue weighted by atomic mass is 10.2. The Balaban J connectivity index is 0.000000246. The molecule has 1 aliphatic rings. The third-order valence-electron chi connectivity index (χ3n) is 2.00. The number of rotatable bonds is 0. The lowest BCUT2D eigenvalue weighted by molar-refractivity contribution is 0.198. The van der Waals surface area contributed by atoms with Crippen LogP contribution in [0.15, 0.2) is 24.3 Å². The van der Waals surface area contributed by atoms with Crippen molar-refractivity contribution in [3.05, 3.63) is 35.4 Å². The van der Waals surface area contributed by atoms with Crippen LogP contribution < -0.4 is 0 Å². The Labute approximate surface area is 119 Å². The summed E-state index contributed by atoms with van der Waals surface area (Å²) >= 11 is 14.4. The van der Waals surface area contributed by atoms with E-state index in [-0.39, 0.29) is 0 Å². The first-order valence-corrected chi connectivity index (χ1v) is 6.86. The standard InChI is InChI=1S/C8H10.C4H8O.CHCl3/c1-7-4-3-5-8(2)6-7;1-2-4-5-3-1;2-1(3)4/h3-6H,1-2H3;1-4H2;1H. The van der Waals surface area contributed by atoms with Gasteiger partial charge in [0.1, 0.15) is 0 Å². The predicted molar refractivity (Wildman–Crippen MR) is 77.3 cm³/mol. The van der Waals surface area contributed by atoms with Crippen molar-refractivity contribution >= 4 is 34.8 Å². The Morgan fingerprint density at radius 2 is 1.41 bits per heavy atom. The first-order valence-electron chi connectivity index (χ1n) is 5.55. The van der Waals surface area contributed by atoms with E-state index < -0.39 is 4.30 Å². The molecule has 98 valence electrons. The number of hydrogen-bond donors (Lipinski definition) is 0. The summed E-state index contributed by atoms with van der Waals surface area (Å²) < 4.78 is 4.19. The molecule has 1 fully saturated rings. The summed E-state index contributed by atoms with van der Waals surface area (Å²) in [6.07, 6.45) is 2.56. The normalized spacial score (nSPS) is 13.5.